The van der Waals surface area contributed by atoms with Gasteiger partial charge in [-0.05, 0) is 25.0 Å². The van der Waals surface area contributed by atoms with E-state index in [4.69, 9.17) is 14.2 Å². The average Bonchev–Trinajstić information content (AvgIpc) is 3.14. The molecule has 0 aromatic heterocycles. The molecule has 1 N–H and O–H groups in total. The van der Waals surface area contributed by atoms with Crippen LogP contribution in [0.3, 0.4) is 0 Å². The van der Waals surface area contributed by atoms with E-state index in [0.717, 1.165) is 25.7 Å². The van der Waals surface area contributed by atoms with Crippen LogP contribution >= 0.6 is 0 Å². The lowest BCUT2D eigenvalue weighted by Crippen LogP contribution is -2.38. The quantitative estimate of drug-likeness (QED) is 0.701. The number of rotatable bonds is 7. The first-order valence-electron chi connectivity index (χ1n) is 9.99. The van der Waals surface area contributed by atoms with Gasteiger partial charge in [0.25, 0.3) is 5.91 Å². The van der Waals surface area contributed by atoms with E-state index in [0.29, 0.717) is 23.7 Å². The first-order valence-corrected chi connectivity index (χ1v) is 9.99. The van der Waals surface area contributed by atoms with Gasteiger partial charge in [-0.1, -0.05) is 19.3 Å². The van der Waals surface area contributed by atoms with Gasteiger partial charge in [0, 0.05) is 25.1 Å². The third-order valence-corrected chi connectivity index (χ3v) is 5.54. The fraction of sp³-hybridized carbons (Fsp3) is 0.571. The molecule has 0 unspecified atom stereocenters. The monoisotopic (exact) mass is 404 g/mol. The van der Waals surface area contributed by atoms with Crippen molar-refractivity contribution in [3.05, 3.63) is 18.2 Å². The van der Waals surface area contributed by atoms with Crippen molar-refractivity contribution in [3.8, 4) is 11.5 Å². The molecule has 1 atom stereocenters. The number of hydrogen-bond acceptors (Lipinski definition) is 6. The number of methoxy groups -OCH3 is 2. The Balaban J connectivity index is 1.49. The molecule has 2 fully saturated rings. The van der Waals surface area contributed by atoms with Crippen LogP contribution in [0.25, 0.3) is 0 Å². The van der Waals surface area contributed by atoms with Crippen LogP contribution in [0.4, 0.5) is 5.69 Å². The molecule has 8 nitrogen and oxygen atoms in total. The number of nitrogens with zero attached hydrogens (tertiary/aromatic N) is 1. The molecule has 1 saturated heterocycles. The Labute approximate surface area is 170 Å². The van der Waals surface area contributed by atoms with Crippen molar-refractivity contribution in [2.45, 2.75) is 44.6 Å². The van der Waals surface area contributed by atoms with Gasteiger partial charge in [0.05, 0.1) is 25.8 Å². The molecule has 2 aliphatic rings. The number of ether oxygens (including phenoxy) is 3. The zero-order chi connectivity index (χ0) is 20.8. The normalized spacial score (nSPS) is 19.7. The van der Waals surface area contributed by atoms with E-state index < -0.39 is 24.4 Å². The second-order valence-electron chi connectivity index (χ2n) is 7.46. The lowest BCUT2D eigenvalue weighted by Gasteiger charge is -2.31. The number of likely N-dealkylation sites (tertiary alicyclic amines) is 1. The third kappa shape index (κ3) is 5.19. The zero-order valence-corrected chi connectivity index (χ0v) is 16.9. The molecular formula is C21H28N2O6. The van der Waals surface area contributed by atoms with Crippen molar-refractivity contribution >= 4 is 23.5 Å². The van der Waals surface area contributed by atoms with Crippen molar-refractivity contribution in [1.29, 1.82) is 0 Å². The fourth-order valence-electron chi connectivity index (χ4n) is 3.98. The molecule has 0 bridgehead atoms. The zero-order valence-electron chi connectivity index (χ0n) is 16.9. The van der Waals surface area contributed by atoms with Crippen molar-refractivity contribution in [2.24, 2.45) is 5.92 Å². The summed E-state index contributed by atoms with van der Waals surface area (Å²) < 4.78 is 15.5. The number of nitrogens with one attached hydrogen (secondary N) is 1. The Morgan fingerprint density at radius 2 is 1.90 bits per heavy atom. The van der Waals surface area contributed by atoms with Gasteiger partial charge in [-0.2, -0.15) is 0 Å². The van der Waals surface area contributed by atoms with Crippen molar-refractivity contribution < 1.29 is 28.6 Å². The average molecular weight is 404 g/mol. The Morgan fingerprint density at radius 1 is 1.14 bits per heavy atom. The molecule has 0 radical (unpaired) electrons. The first-order chi connectivity index (χ1) is 14.0. The van der Waals surface area contributed by atoms with Crippen LogP contribution in [-0.2, 0) is 19.1 Å². The molecule has 1 heterocycles. The molecule has 1 saturated carbocycles. The minimum atomic E-state index is -0.507. The van der Waals surface area contributed by atoms with Gasteiger partial charge in [-0.15, -0.1) is 0 Å². The summed E-state index contributed by atoms with van der Waals surface area (Å²) in [4.78, 5) is 38.7. The van der Waals surface area contributed by atoms with Gasteiger partial charge in [0.2, 0.25) is 5.91 Å². The summed E-state index contributed by atoms with van der Waals surface area (Å²) in [6.45, 7) is -0.0294. The molecular weight excluding hydrogens is 376 g/mol. The Hall–Kier alpha value is -2.77. The first kappa shape index (κ1) is 21.0. The highest BCUT2D eigenvalue weighted by Crippen LogP contribution is 2.30. The molecule has 1 aliphatic carbocycles. The molecule has 1 aliphatic heterocycles. The summed E-state index contributed by atoms with van der Waals surface area (Å²) in [6.07, 6.45) is 5.61. The Morgan fingerprint density at radius 3 is 2.59 bits per heavy atom. The van der Waals surface area contributed by atoms with Crippen LogP contribution in [0.2, 0.25) is 0 Å². The van der Waals surface area contributed by atoms with Crippen LogP contribution in [0.15, 0.2) is 18.2 Å². The van der Waals surface area contributed by atoms with E-state index in [-0.39, 0.29) is 18.4 Å². The lowest BCUT2D eigenvalue weighted by molar-refractivity contribution is -0.151. The summed E-state index contributed by atoms with van der Waals surface area (Å²) >= 11 is 0. The predicted molar refractivity (Wildman–Crippen MR) is 106 cm³/mol. The molecule has 29 heavy (non-hydrogen) atoms. The largest absolute Gasteiger partial charge is 0.497 e. The number of carbonyl (C=O) groups excluding carboxylic acids is 3. The molecule has 0 spiro atoms. The smallest absolute Gasteiger partial charge is 0.311 e. The summed E-state index contributed by atoms with van der Waals surface area (Å²) in [5, 5.41) is 2.65. The second kappa shape index (κ2) is 9.62. The maximum atomic E-state index is 12.4. The van der Waals surface area contributed by atoms with Gasteiger partial charge in [0.1, 0.15) is 11.5 Å². The summed E-state index contributed by atoms with van der Waals surface area (Å²) in [5.41, 5.74) is 0.453. The number of anilines is 1. The van der Waals surface area contributed by atoms with Crippen molar-refractivity contribution in [1.82, 2.24) is 4.90 Å². The summed E-state index contributed by atoms with van der Waals surface area (Å²) in [5.74, 6) is -0.448. The standard InChI is InChI=1S/C21H28N2O6/c1-27-16-8-9-17(18(11-16)28-2)22-19(24)13-29-21(26)14-10-20(25)23(12-14)15-6-4-3-5-7-15/h8-9,11,14-15H,3-7,10,12-13H2,1-2H3,(H,22,24)/t14-/m1/s1. The Kier molecular flexibility index (Phi) is 6.95. The number of hydrogen-bond donors (Lipinski definition) is 1. The van der Waals surface area contributed by atoms with E-state index in [1.165, 1.54) is 20.6 Å². The highest BCUT2D eigenvalue weighted by Gasteiger charge is 2.39. The van der Waals surface area contributed by atoms with E-state index in [9.17, 15) is 14.4 Å². The van der Waals surface area contributed by atoms with Gasteiger partial charge in [0.15, 0.2) is 6.61 Å². The highest BCUT2D eigenvalue weighted by atomic mass is 16.5. The molecule has 158 valence electrons. The topological polar surface area (TPSA) is 94.2 Å². The van der Waals surface area contributed by atoms with Crippen LogP contribution < -0.4 is 14.8 Å². The van der Waals surface area contributed by atoms with Crippen LogP contribution in [-0.4, -0.2) is 56.1 Å². The second-order valence-corrected chi connectivity index (χ2v) is 7.46. The van der Waals surface area contributed by atoms with Gasteiger partial charge >= 0.3 is 5.97 Å². The van der Waals surface area contributed by atoms with E-state index in [1.807, 2.05) is 4.90 Å². The minimum Gasteiger partial charge on any atom is -0.497 e. The van der Waals surface area contributed by atoms with Crippen LogP contribution in [0.5, 0.6) is 11.5 Å². The summed E-state index contributed by atoms with van der Waals surface area (Å²) in [7, 11) is 3.02. The lowest BCUT2D eigenvalue weighted by atomic mass is 9.94. The molecule has 1 aromatic rings. The maximum Gasteiger partial charge on any atom is 0.311 e. The van der Waals surface area contributed by atoms with E-state index in [2.05, 4.69) is 5.32 Å². The molecule has 8 heteroatoms. The van der Waals surface area contributed by atoms with Crippen molar-refractivity contribution in [2.75, 3.05) is 32.7 Å². The molecule has 1 aromatic carbocycles. The van der Waals surface area contributed by atoms with Crippen LogP contribution in [0, 0.1) is 5.92 Å². The SMILES string of the molecule is COc1ccc(NC(=O)COC(=O)[C@@H]2CC(=O)N(C3CCCCC3)C2)c(OC)c1. The summed E-state index contributed by atoms with van der Waals surface area (Å²) in [6, 6.07) is 5.22. The number of carbonyl (C=O) groups is 3. The molecule has 2 amide bonds. The number of esters is 1. The third-order valence-electron chi connectivity index (χ3n) is 5.54. The fourth-order valence-corrected chi connectivity index (χ4v) is 3.98. The van der Waals surface area contributed by atoms with E-state index in [1.54, 1.807) is 18.2 Å². The predicted octanol–water partition coefficient (Wildman–Crippen LogP) is 2.37. The maximum absolute atomic E-state index is 12.4. The minimum absolute atomic E-state index is 0.00581. The number of benzene rings is 1. The number of amides is 2. The van der Waals surface area contributed by atoms with Crippen LogP contribution in [0.1, 0.15) is 38.5 Å². The van der Waals surface area contributed by atoms with Gasteiger partial charge in [-0.3, -0.25) is 14.4 Å². The Bertz CT molecular complexity index is 760. The highest BCUT2D eigenvalue weighted by molar-refractivity contribution is 5.95. The van der Waals surface area contributed by atoms with Crippen molar-refractivity contribution in [3.63, 3.8) is 0 Å². The molecule has 3 rings (SSSR count). The van der Waals surface area contributed by atoms with Gasteiger partial charge < -0.3 is 24.4 Å². The van der Waals surface area contributed by atoms with E-state index >= 15 is 0 Å². The van der Waals surface area contributed by atoms with Gasteiger partial charge in [-0.25, -0.2) is 0 Å².